The zero-order chi connectivity index (χ0) is 20.8. The largest absolute Gasteiger partial charge is 0.472 e. The van der Waals surface area contributed by atoms with E-state index in [1.165, 1.54) is 0 Å². The maximum atomic E-state index is 12.3. The lowest BCUT2D eigenvalue weighted by Gasteiger charge is -2.32. The van der Waals surface area contributed by atoms with Gasteiger partial charge in [-0.25, -0.2) is 4.79 Å². The summed E-state index contributed by atoms with van der Waals surface area (Å²) in [6.07, 6.45) is 0. The van der Waals surface area contributed by atoms with Crippen LogP contribution in [0, 0.1) is 6.92 Å². The van der Waals surface area contributed by atoms with Gasteiger partial charge in [0.05, 0.1) is 10.7 Å². The number of anilines is 1. The molecule has 0 radical (unpaired) electrons. The molecule has 3 aromatic carbocycles. The maximum Gasteiger partial charge on any atom is 0.336 e. The number of rotatable bonds is 2. The first kappa shape index (κ1) is 19.0. The summed E-state index contributed by atoms with van der Waals surface area (Å²) in [6.45, 7) is 2.87. The topological polar surface area (TPSA) is 42.7 Å². The van der Waals surface area contributed by atoms with Crippen LogP contribution in [0.2, 0.25) is 10.0 Å². The van der Waals surface area contributed by atoms with E-state index < -0.39 is 0 Å². The minimum atomic E-state index is -0.380. The van der Waals surface area contributed by atoms with Crippen LogP contribution in [0.25, 0.3) is 22.1 Å². The highest BCUT2D eigenvalue weighted by Gasteiger charge is 2.24. The number of ether oxygens (including phenoxy) is 1. The van der Waals surface area contributed by atoms with Crippen LogP contribution in [0.4, 0.5) is 5.69 Å². The van der Waals surface area contributed by atoms with Crippen LogP contribution in [-0.4, -0.2) is 6.73 Å². The van der Waals surface area contributed by atoms with Gasteiger partial charge < -0.3 is 14.1 Å². The number of halogens is 2. The van der Waals surface area contributed by atoms with Gasteiger partial charge >= 0.3 is 5.63 Å². The minimum Gasteiger partial charge on any atom is -0.472 e. The molecule has 150 valence electrons. The number of hydrogen-bond donors (Lipinski definition) is 0. The van der Waals surface area contributed by atoms with E-state index >= 15 is 0 Å². The van der Waals surface area contributed by atoms with E-state index in [-0.39, 0.29) is 5.63 Å². The first-order valence-electron chi connectivity index (χ1n) is 9.50. The average Bonchev–Trinajstić information content (AvgIpc) is 2.74. The van der Waals surface area contributed by atoms with Crippen molar-refractivity contribution in [3.63, 3.8) is 0 Å². The maximum absolute atomic E-state index is 12.3. The van der Waals surface area contributed by atoms with E-state index in [1.807, 2.05) is 60.4 Å². The predicted octanol–water partition coefficient (Wildman–Crippen LogP) is 6.43. The molecule has 2 heterocycles. The van der Waals surface area contributed by atoms with Crippen LogP contribution in [-0.2, 0) is 6.54 Å². The Bertz CT molecular complexity index is 1330. The van der Waals surface area contributed by atoms with Gasteiger partial charge in [-0.05, 0) is 42.3 Å². The zero-order valence-electron chi connectivity index (χ0n) is 16.1. The number of hydrogen-bond acceptors (Lipinski definition) is 4. The highest BCUT2D eigenvalue weighted by Crippen LogP contribution is 2.40. The first-order valence-corrected chi connectivity index (χ1v) is 10.3. The third-order valence-electron chi connectivity index (χ3n) is 5.35. The van der Waals surface area contributed by atoms with Crippen molar-refractivity contribution in [2.45, 2.75) is 13.5 Å². The molecule has 30 heavy (non-hydrogen) atoms. The van der Waals surface area contributed by atoms with E-state index in [1.54, 1.807) is 12.1 Å². The van der Waals surface area contributed by atoms with Gasteiger partial charge in [-0.2, -0.15) is 0 Å². The highest BCUT2D eigenvalue weighted by molar-refractivity contribution is 6.36. The number of aryl methyl sites for hydroxylation is 1. The molecule has 0 bridgehead atoms. The summed E-state index contributed by atoms with van der Waals surface area (Å²) < 4.78 is 11.7. The van der Waals surface area contributed by atoms with Crippen LogP contribution in [0.5, 0.6) is 5.75 Å². The SMILES string of the molecule is Cc1c2c(cc3c(-c4ccccc4)cc(=O)oc13)CN(c1ccc(Cl)cc1Cl)CO2. The third-order valence-corrected chi connectivity index (χ3v) is 5.89. The predicted molar refractivity (Wildman–Crippen MR) is 121 cm³/mol. The first-order chi connectivity index (χ1) is 14.5. The molecule has 1 aromatic heterocycles. The number of fused-ring (bicyclic) bond motifs is 2. The summed E-state index contributed by atoms with van der Waals surface area (Å²) in [7, 11) is 0. The van der Waals surface area contributed by atoms with E-state index in [0.29, 0.717) is 28.9 Å². The van der Waals surface area contributed by atoms with Gasteiger partial charge in [0.25, 0.3) is 0 Å². The normalized spacial score (nSPS) is 13.2. The molecule has 0 amide bonds. The van der Waals surface area contributed by atoms with E-state index in [9.17, 15) is 4.79 Å². The molecule has 1 aliphatic rings. The van der Waals surface area contributed by atoms with Gasteiger partial charge in [-0.15, -0.1) is 0 Å². The third kappa shape index (κ3) is 3.22. The summed E-state index contributed by atoms with van der Waals surface area (Å²) in [5.74, 6) is 0.747. The monoisotopic (exact) mass is 437 g/mol. The molecule has 5 rings (SSSR count). The van der Waals surface area contributed by atoms with Crippen LogP contribution in [0.15, 0.2) is 69.9 Å². The molecule has 4 nitrogen and oxygen atoms in total. The number of benzene rings is 3. The fraction of sp³-hybridized carbons (Fsp3) is 0.125. The molecule has 0 fully saturated rings. The quantitative estimate of drug-likeness (QED) is 0.338. The molecule has 6 heteroatoms. The molecule has 0 aliphatic carbocycles. The van der Waals surface area contributed by atoms with Gasteiger partial charge in [0, 0.05) is 34.1 Å². The molecule has 0 atom stereocenters. The Hall–Kier alpha value is -2.95. The fourth-order valence-electron chi connectivity index (χ4n) is 3.97. The minimum absolute atomic E-state index is 0.337. The van der Waals surface area contributed by atoms with E-state index in [4.69, 9.17) is 32.4 Å². The van der Waals surface area contributed by atoms with Gasteiger partial charge in [-0.1, -0.05) is 53.5 Å². The Morgan fingerprint density at radius 2 is 1.80 bits per heavy atom. The van der Waals surface area contributed by atoms with Crippen LogP contribution >= 0.6 is 23.2 Å². The Morgan fingerprint density at radius 3 is 2.57 bits per heavy atom. The van der Waals surface area contributed by atoms with Crippen molar-refractivity contribution < 1.29 is 9.15 Å². The van der Waals surface area contributed by atoms with Gasteiger partial charge in [0.1, 0.15) is 11.3 Å². The molecule has 0 spiro atoms. The molecule has 0 saturated heterocycles. The van der Waals surface area contributed by atoms with Crippen molar-refractivity contribution in [1.29, 1.82) is 0 Å². The van der Waals surface area contributed by atoms with E-state index in [2.05, 4.69) is 0 Å². The van der Waals surface area contributed by atoms with Crippen molar-refractivity contribution >= 4 is 39.9 Å². The molecule has 1 aliphatic heterocycles. The number of nitrogens with zero attached hydrogens (tertiary/aromatic N) is 1. The van der Waals surface area contributed by atoms with Crippen molar-refractivity contribution in [2.24, 2.45) is 0 Å². The smallest absolute Gasteiger partial charge is 0.336 e. The van der Waals surface area contributed by atoms with Crippen molar-refractivity contribution in [1.82, 2.24) is 0 Å². The highest BCUT2D eigenvalue weighted by atomic mass is 35.5. The fourth-order valence-corrected chi connectivity index (χ4v) is 4.50. The lowest BCUT2D eigenvalue weighted by atomic mass is 9.97. The summed E-state index contributed by atoms with van der Waals surface area (Å²) >= 11 is 12.4. The van der Waals surface area contributed by atoms with Crippen molar-refractivity contribution in [3.8, 4) is 16.9 Å². The second kappa shape index (κ2) is 7.38. The van der Waals surface area contributed by atoms with Crippen LogP contribution in [0.3, 0.4) is 0 Å². The second-order valence-corrected chi connectivity index (χ2v) is 8.12. The summed E-state index contributed by atoms with van der Waals surface area (Å²) in [4.78, 5) is 14.3. The molecule has 0 unspecified atom stereocenters. The Kier molecular flexibility index (Phi) is 4.69. The lowest BCUT2D eigenvalue weighted by Crippen LogP contribution is -2.32. The van der Waals surface area contributed by atoms with Gasteiger partial charge in [0.2, 0.25) is 0 Å². The summed E-state index contributed by atoms with van der Waals surface area (Å²) in [5, 5.41) is 2.04. The second-order valence-electron chi connectivity index (χ2n) is 7.28. The van der Waals surface area contributed by atoms with Crippen molar-refractivity contribution in [2.75, 3.05) is 11.6 Å². The summed E-state index contributed by atoms with van der Waals surface area (Å²) in [5.41, 5.74) is 4.65. The zero-order valence-corrected chi connectivity index (χ0v) is 17.6. The van der Waals surface area contributed by atoms with Gasteiger partial charge in [0.15, 0.2) is 6.73 Å². The standard InChI is InChI=1S/C24H17Cl2NO3/c1-14-23-16(12-27(13-29-23)21-8-7-17(25)10-20(21)26)9-19-18(11-22(28)30-24(14)19)15-5-3-2-4-6-15/h2-11H,12-13H2,1H3. The Morgan fingerprint density at radius 1 is 1.00 bits per heavy atom. The lowest BCUT2D eigenvalue weighted by molar-refractivity contribution is 0.287. The average molecular weight is 438 g/mol. The Labute approximate surface area is 183 Å². The molecule has 0 saturated carbocycles. The van der Waals surface area contributed by atoms with Crippen molar-refractivity contribution in [3.05, 3.63) is 92.3 Å². The Balaban J connectivity index is 1.67. The van der Waals surface area contributed by atoms with Crippen LogP contribution < -0.4 is 15.3 Å². The summed E-state index contributed by atoms with van der Waals surface area (Å²) in [6, 6.07) is 18.8. The van der Waals surface area contributed by atoms with Crippen LogP contribution in [0.1, 0.15) is 11.1 Å². The van der Waals surface area contributed by atoms with E-state index in [0.717, 1.165) is 39.1 Å². The molecular formula is C24H17Cl2NO3. The molecule has 4 aromatic rings. The molecular weight excluding hydrogens is 421 g/mol. The van der Waals surface area contributed by atoms with Gasteiger partial charge in [-0.3, -0.25) is 0 Å². The molecule has 0 N–H and O–H groups in total.